The van der Waals surface area contributed by atoms with Crippen molar-refractivity contribution < 1.29 is 4.42 Å². The number of aryl methyl sites for hydroxylation is 1. The molecular formula is C26H20ClN3O3. The molecule has 6 nitrogen and oxygen atoms in total. The number of fused-ring (bicyclic) bond motifs is 1. The molecule has 33 heavy (non-hydrogen) atoms. The second kappa shape index (κ2) is 8.56. The SMILES string of the molecule is Cc1oc(-c2ccccc2)nc1Cn1c(=O)n(Cc2cccc(Cl)c2)c(=O)c2ccccc21. The molecule has 0 unspecified atom stereocenters. The smallest absolute Gasteiger partial charge is 0.332 e. The fourth-order valence-corrected chi connectivity index (χ4v) is 4.12. The topological polar surface area (TPSA) is 70.0 Å². The Balaban J connectivity index is 1.64. The molecule has 0 saturated heterocycles. The van der Waals surface area contributed by atoms with Crippen LogP contribution in [0, 0.1) is 6.92 Å². The Morgan fingerprint density at radius 1 is 0.879 bits per heavy atom. The van der Waals surface area contributed by atoms with Gasteiger partial charge in [0, 0.05) is 10.6 Å². The van der Waals surface area contributed by atoms with Gasteiger partial charge in [-0.3, -0.25) is 13.9 Å². The maximum absolute atomic E-state index is 13.5. The Labute approximate surface area is 194 Å². The van der Waals surface area contributed by atoms with Gasteiger partial charge in [0.1, 0.15) is 11.5 Å². The quantitative estimate of drug-likeness (QED) is 0.377. The summed E-state index contributed by atoms with van der Waals surface area (Å²) in [6, 6.07) is 23.8. The van der Waals surface area contributed by atoms with Gasteiger partial charge in [0.15, 0.2) is 0 Å². The molecule has 7 heteroatoms. The van der Waals surface area contributed by atoms with E-state index in [0.29, 0.717) is 33.3 Å². The fraction of sp³-hybridized carbons (Fsp3) is 0.115. The standard InChI is InChI=1S/C26H20ClN3O3/c1-17-22(28-24(33-17)19-9-3-2-4-10-19)16-29-23-13-6-5-12-21(23)25(31)30(26(29)32)15-18-8-7-11-20(27)14-18/h2-14H,15-16H2,1H3. The molecule has 0 radical (unpaired) electrons. The first-order valence-electron chi connectivity index (χ1n) is 10.5. The van der Waals surface area contributed by atoms with Gasteiger partial charge in [-0.2, -0.15) is 0 Å². The molecule has 0 aliphatic carbocycles. The highest BCUT2D eigenvalue weighted by atomic mass is 35.5. The van der Waals surface area contributed by atoms with Crippen molar-refractivity contribution in [2.24, 2.45) is 0 Å². The first-order chi connectivity index (χ1) is 16.0. The van der Waals surface area contributed by atoms with E-state index < -0.39 is 5.69 Å². The van der Waals surface area contributed by atoms with Gasteiger partial charge in [-0.15, -0.1) is 0 Å². The van der Waals surface area contributed by atoms with E-state index in [0.717, 1.165) is 11.1 Å². The molecule has 164 valence electrons. The van der Waals surface area contributed by atoms with Crippen LogP contribution < -0.4 is 11.2 Å². The third-order valence-corrected chi connectivity index (χ3v) is 5.82. The lowest BCUT2D eigenvalue weighted by atomic mass is 10.2. The van der Waals surface area contributed by atoms with Crippen LogP contribution in [0.3, 0.4) is 0 Å². The van der Waals surface area contributed by atoms with Gasteiger partial charge in [-0.25, -0.2) is 9.78 Å². The lowest BCUT2D eigenvalue weighted by molar-refractivity contribution is 0.536. The van der Waals surface area contributed by atoms with Crippen LogP contribution in [-0.2, 0) is 13.1 Å². The molecule has 3 aromatic carbocycles. The van der Waals surface area contributed by atoms with Gasteiger partial charge >= 0.3 is 5.69 Å². The lowest BCUT2D eigenvalue weighted by Crippen LogP contribution is -2.40. The van der Waals surface area contributed by atoms with Gasteiger partial charge in [0.25, 0.3) is 5.56 Å². The van der Waals surface area contributed by atoms with Crippen molar-refractivity contribution >= 4 is 22.5 Å². The van der Waals surface area contributed by atoms with Crippen LogP contribution in [0.4, 0.5) is 0 Å². The first-order valence-corrected chi connectivity index (χ1v) is 10.9. The minimum atomic E-state index is -0.415. The van der Waals surface area contributed by atoms with Gasteiger partial charge in [0.05, 0.1) is 24.0 Å². The maximum Gasteiger partial charge on any atom is 0.332 e. The van der Waals surface area contributed by atoms with E-state index in [1.165, 1.54) is 4.57 Å². The minimum absolute atomic E-state index is 0.121. The zero-order chi connectivity index (χ0) is 22.9. The maximum atomic E-state index is 13.5. The molecule has 0 fully saturated rings. The molecule has 5 rings (SSSR count). The number of aromatic nitrogens is 3. The molecule has 2 aromatic heterocycles. The number of halogens is 1. The Kier molecular flexibility index (Phi) is 5.44. The number of nitrogens with zero attached hydrogens (tertiary/aromatic N) is 3. The number of hydrogen-bond donors (Lipinski definition) is 0. The number of hydrogen-bond acceptors (Lipinski definition) is 4. The average Bonchev–Trinajstić information content (AvgIpc) is 3.20. The van der Waals surface area contributed by atoms with E-state index in [1.54, 1.807) is 41.0 Å². The van der Waals surface area contributed by atoms with Crippen LogP contribution in [0.15, 0.2) is 92.9 Å². The van der Waals surface area contributed by atoms with Crippen LogP contribution in [0.25, 0.3) is 22.4 Å². The highest BCUT2D eigenvalue weighted by Crippen LogP contribution is 2.22. The van der Waals surface area contributed by atoms with E-state index in [9.17, 15) is 9.59 Å². The molecule has 0 amide bonds. The predicted octanol–water partition coefficient (Wildman–Crippen LogP) is 4.88. The Morgan fingerprint density at radius 3 is 2.42 bits per heavy atom. The summed E-state index contributed by atoms with van der Waals surface area (Å²) in [6.07, 6.45) is 0. The van der Waals surface area contributed by atoms with E-state index in [4.69, 9.17) is 16.0 Å². The molecule has 0 saturated carbocycles. The van der Waals surface area contributed by atoms with E-state index in [2.05, 4.69) is 4.98 Å². The van der Waals surface area contributed by atoms with Gasteiger partial charge < -0.3 is 4.42 Å². The van der Waals surface area contributed by atoms with Crippen molar-refractivity contribution in [3.63, 3.8) is 0 Å². The third-order valence-electron chi connectivity index (χ3n) is 5.58. The molecule has 0 N–H and O–H groups in total. The highest BCUT2D eigenvalue weighted by molar-refractivity contribution is 6.30. The predicted molar refractivity (Wildman–Crippen MR) is 129 cm³/mol. The van der Waals surface area contributed by atoms with Gasteiger partial charge in [-0.1, -0.05) is 54.1 Å². The molecule has 0 aliphatic heterocycles. The van der Waals surface area contributed by atoms with Crippen molar-refractivity contribution in [3.8, 4) is 11.5 Å². The van der Waals surface area contributed by atoms with Crippen LogP contribution in [0.5, 0.6) is 0 Å². The summed E-state index contributed by atoms with van der Waals surface area (Å²) in [5.41, 5.74) is 2.06. The normalized spacial score (nSPS) is 11.2. The molecule has 5 aromatic rings. The summed E-state index contributed by atoms with van der Waals surface area (Å²) >= 11 is 6.11. The zero-order valence-electron chi connectivity index (χ0n) is 17.9. The van der Waals surface area contributed by atoms with Crippen molar-refractivity contribution in [2.45, 2.75) is 20.0 Å². The van der Waals surface area contributed by atoms with Gasteiger partial charge in [-0.05, 0) is 48.9 Å². The van der Waals surface area contributed by atoms with Crippen molar-refractivity contribution in [2.75, 3.05) is 0 Å². The Morgan fingerprint density at radius 2 is 1.64 bits per heavy atom. The molecule has 0 atom stereocenters. The van der Waals surface area contributed by atoms with Crippen LogP contribution in [0.1, 0.15) is 17.0 Å². The Bertz CT molecular complexity index is 1580. The Hall–Kier alpha value is -3.90. The van der Waals surface area contributed by atoms with E-state index in [1.807, 2.05) is 49.4 Å². The van der Waals surface area contributed by atoms with Crippen molar-refractivity contribution in [3.05, 3.63) is 122 Å². The summed E-state index contributed by atoms with van der Waals surface area (Å²) in [7, 11) is 0. The second-order valence-corrected chi connectivity index (χ2v) is 8.23. The summed E-state index contributed by atoms with van der Waals surface area (Å²) in [6.45, 7) is 2.12. The molecule has 2 heterocycles. The van der Waals surface area contributed by atoms with E-state index >= 15 is 0 Å². The average molecular weight is 458 g/mol. The van der Waals surface area contributed by atoms with Crippen LogP contribution in [0.2, 0.25) is 5.02 Å². The summed E-state index contributed by atoms with van der Waals surface area (Å²) in [5.74, 6) is 1.12. The van der Waals surface area contributed by atoms with Gasteiger partial charge in [0.2, 0.25) is 5.89 Å². The zero-order valence-corrected chi connectivity index (χ0v) is 18.6. The van der Waals surface area contributed by atoms with Crippen molar-refractivity contribution in [1.29, 1.82) is 0 Å². The lowest BCUT2D eigenvalue weighted by Gasteiger charge is -2.13. The largest absolute Gasteiger partial charge is 0.441 e. The molecule has 0 aliphatic rings. The fourth-order valence-electron chi connectivity index (χ4n) is 3.91. The highest BCUT2D eigenvalue weighted by Gasteiger charge is 2.17. The monoisotopic (exact) mass is 457 g/mol. The number of benzene rings is 3. The third kappa shape index (κ3) is 4.01. The molecule has 0 bridgehead atoms. The number of oxazole rings is 1. The van der Waals surface area contributed by atoms with Crippen LogP contribution in [-0.4, -0.2) is 14.1 Å². The van der Waals surface area contributed by atoms with E-state index in [-0.39, 0.29) is 18.6 Å². The number of para-hydroxylation sites is 1. The number of rotatable bonds is 5. The van der Waals surface area contributed by atoms with Crippen molar-refractivity contribution in [1.82, 2.24) is 14.1 Å². The summed E-state index contributed by atoms with van der Waals surface area (Å²) < 4.78 is 8.69. The minimum Gasteiger partial charge on any atom is -0.441 e. The molecular weight excluding hydrogens is 438 g/mol. The second-order valence-electron chi connectivity index (χ2n) is 7.80. The molecule has 0 spiro atoms. The summed E-state index contributed by atoms with van der Waals surface area (Å²) in [4.78, 5) is 31.3. The van der Waals surface area contributed by atoms with Crippen LogP contribution >= 0.6 is 11.6 Å². The summed E-state index contributed by atoms with van der Waals surface area (Å²) in [5, 5.41) is 1.01. The first kappa shape index (κ1) is 21.0.